The van der Waals surface area contributed by atoms with E-state index in [1.54, 1.807) is 23.1 Å². The van der Waals surface area contributed by atoms with Crippen LogP contribution in [0.2, 0.25) is 0 Å². The molecule has 6 nitrogen and oxygen atoms in total. The van der Waals surface area contributed by atoms with Crippen molar-refractivity contribution >= 4 is 45.1 Å². The van der Waals surface area contributed by atoms with Crippen LogP contribution in [0, 0.1) is 6.92 Å². The fraction of sp³-hybridized carbons (Fsp3) is 0.286. The topological polar surface area (TPSA) is 75.7 Å². The molecule has 2 aromatic carbocycles. The van der Waals surface area contributed by atoms with Gasteiger partial charge in [-0.2, -0.15) is 0 Å². The summed E-state index contributed by atoms with van der Waals surface area (Å²) in [6.45, 7) is 2.33. The lowest BCUT2D eigenvalue weighted by Gasteiger charge is -2.15. The van der Waals surface area contributed by atoms with Gasteiger partial charge < -0.3 is 15.0 Å². The minimum absolute atomic E-state index is 0.0652. The van der Waals surface area contributed by atoms with E-state index in [2.05, 4.69) is 21.2 Å². The molecule has 1 fully saturated rings. The van der Waals surface area contributed by atoms with Crippen LogP contribution in [0.25, 0.3) is 0 Å². The monoisotopic (exact) mass is 444 g/mol. The molecule has 1 aliphatic rings. The molecule has 3 rings (SSSR count). The molecule has 0 aromatic heterocycles. The number of aryl methyl sites for hydroxylation is 1. The van der Waals surface area contributed by atoms with E-state index in [0.29, 0.717) is 12.1 Å². The Labute approximate surface area is 172 Å². The number of rotatable bonds is 6. The fourth-order valence-electron chi connectivity index (χ4n) is 2.99. The number of benzene rings is 2. The van der Waals surface area contributed by atoms with Gasteiger partial charge in [0.15, 0.2) is 6.61 Å². The second-order valence-corrected chi connectivity index (χ2v) is 7.54. The minimum Gasteiger partial charge on any atom is -0.455 e. The maximum absolute atomic E-state index is 12.0. The van der Waals surface area contributed by atoms with Crippen LogP contribution in [0.1, 0.15) is 24.0 Å². The summed E-state index contributed by atoms with van der Waals surface area (Å²) in [5.41, 5.74) is 3.29. The number of nitrogens with zero attached hydrogens (tertiary/aromatic N) is 1. The van der Waals surface area contributed by atoms with Crippen molar-refractivity contribution in [2.24, 2.45) is 0 Å². The number of carbonyl (C=O) groups is 3. The summed E-state index contributed by atoms with van der Waals surface area (Å²) in [6, 6.07) is 12.8. The Balaban J connectivity index is 1.47. The summed E-state index contributed by atoms with van der Waals surface area (Å²) in [4.78, 5) is 37.5. The first-order valence-electron chi connectivity index (χ1n) is 9.03. The molecule has 7 heteroatoms. The molecule has 0 unspecified atom stereocenters. The van der Waals surface area contributed by atoms with Crippen LogP contribution in [-0.2, 0) is 25.5 Å². The molecular weight excluding hydrogens is 424 g/mol. The molecule has 0 radical (unpaired) electrons. The van der Waals surface area contributed by atoms with Crippen molar-refractivity contribution in [1.29, 1.82) is 0 Å². The van der Waals surface area contributed by atoms with Crippen molar-refractivity contribution < 1.29 is 19.1 Å². The van der Waals surface area contributed by atoms with E-state index in [1.165, 1.54) is 0 Å². The second-order valence-electron chi connectivity index (χ2n) is 6.68. The molecule has 0 saturated carbocycles. The third-order valence-electron chi connectivity index (χ3n) is 4.43. The lowest BCUT2D eigenvalue weighted by molar-refractivity contribution is -0.146. The Morgan fingerprint density at radius 2 is 1.93 bits per heavy atom. The van der Waals surface area contributed by atoms with Crippen molar-refractivity contribution in [3.05, 3.63) is 58.1 Å². The normalized spacial score (nSPS) is 13.5. The number of hydrogen-bond acceptors (Lipinski definition) is 4. The Bertz CT molecular complexity index is 896. The quantitative estimate of drug-likeness (QED) is 0.690. The molecule has 2 amide bonds. The van der Waals surface area contributed by atoms with Gasteiger partial charge in [-0.05, 0) is 64.7 Å². The standard InChI is InChI=1S/C21H21BrN2O4/c1-14-4-9-18(17(22)11-14)23-19(25)13-28-21(27)12-15-5-7-16(8-6-15)24-10-2-3-20(24)26/h4-9,11H,2-3,10,12-13H2,1H3,(H,23,25). The predicted molar refractivity (Wildman–Crippen MR) is 110 cm³/mol. The van der Waals surface area contributed by atoms with E-state index in [0.717, 1.165) is 34.3 Å². The predicted octanol–water partition coefficient (Wildman–Crippen LogP) is 3.61. The highest BCUT2D eigenvalue weighted by Crippen LogP contribution is 2.23. The summed E-state index contributed by atoms with van der Waals surface area (Å²) in [5.74, 6) is -0.762. The summed E-state index contributed by atoms with van der Waals surface area (Å²) >= 11 is 3.39. The van der Waals surface area contributed by atoms with E-state index in [-0.39, 0.29) is 18.9 Å². The van der Waals surface area contributed by atoms with Gasteiger partial charge in [-0.15, -0.1) is 0 Å². The van der Waals surface area contributed by atoms with E-state index >= 15 is 0 Å². The first-order valence-corrected chi connectivity index (χ1v) is 9.82. The van der Waals surface area contributed by atoms with Crippen LogP contribution < -0.4 is 10.2 Å². The van der Waals surface area contributed by atoms with Crippen molar-refractivity contribution in [2.75, 3.05) is 23.4 Å². The number of nitrogens with one attached hydrogen (secondary N) is 1. The Morgan fingerprint density at radius 3 is 2.57 bits per heavy atom. The first-order chi connectivity index (χ1) is 13.4. The summed E-state index contributed by atoms with van der Waals surface area (Å²) < 4.78 is 5.83. The number of anilines is 2. The summed E-state index contributed by atoms with van der Waals surface area (Å²) in [5, 5.41) is 2.70. The zero-order valence-electron chi connectivity index (χ0n) is 15.5. The van der Waals surface area contributed by atoms with Crippen LogP contribution in [0.5, 0.6) is 0 Å². The second kappa shape index (κ2) is 9.01. The zero-order valence-corrected chi connectivity index (χ0v) is 17.1. The molecule has 0 spiro atoms. The highest BCUT2D eigenvalue weighted by Gasteiger charge is 2.21. The van der Waals surface area contributed by atoms with Gasteiger partial charge in [0.05, 0.1) is 12.1 Å². The maximum atomic E-state index is 12.0. The minimum atomic E-state index is -0.483. The van der Waals surface area contributed by atoms with Crippen LogP contribution in [0.15, 0.2) is 46.9 Å². The highest BCUT2D eigenvalue weighted by atomic mass is 79.9. The SMILES string of the molecule is Cc1ccc(NC(=O)COC(=O)Cc2ccc(N3CCCC3=O)cc2)c(Br)c1. The average molecular weight is 445 g/mol. The largest absolute Gasteiger partial charge is 0.455 e. The van der Waals surface area contributed by atoms with Crippen molar-refractivity contribution in [3.8, 4) is 0 Å². The van der Waals surface area contributed by atoms with Crippen LogP contribution in [0.3, 0.4) is 0 Å². The molecule has 0 aliphatic carbocycles. The molecule has 146 valence electrons. The lowest BCUT2D eigenvalue weighted by Crippen LogP contribution is -2.23. The Morgan fingerprint density at radius 1 is 1.18 bits per heavy atom. The maximum Gasteiger partial charge on any atom is 0.310 e. The molecule has 1 aliphatic heterocycles. The number of amides is 2. The van der Waals surface area contributed by atoms with Crippen molar-refractivity contribution in [2.45, 2.75) is 26.2 Å². The zero-order chi connectivity index (χ0) is 20.1. The Kier molecular flexibility index (Phi) is 6.46. The van der Waals surface area contributed by atoms with E-state index < -0.39 is 11.9 Å². The van der Waals surface area contributed by atoms with Crippen molar-refractivity contribution in [1.82, 2.24) is 0 Å². The molecule has 0 atom stereocenters. The molecule has 28 heavy (non-hydrogen) atoms. The molecule has 1 N–H and O–H groups in total. The number of hydrogen-bond donors (Lipinski definition) is 1. The van der Waals surface area contributed by atoms with Crippen LogP contribution in [-0.4, -0.2) is 30.9 Å². The number of esters is 1. The highest BCUT2D eigenvalue weighted by molar-refractivity contribution is 9.10. The summed E-state index contributed by atoms with van der Waals surface area (Å²) in [6.07, 6.45) is 1.51. The van der Waals surface area contributed by atoms with Gasteiger partial charge >= 0.3 is 5.97 Å². The van der Waals surface area contributed by atoms with Gasteiger partial charge in [-0.3, -0.25) is 14.4 Å². The average Bonchev–Trinajstić information content (AvgIpc) is 3.09. The smallest absolute Gasteiger partial charge is 0.310 e. The molecule has 1 saturated heterocycles. The number of ether oxygens (including phenoxy) is 1. The van der Waals surface area contributed by atoms with Crippen molar-refractivity contribution in [3.63, 3.8) is 0 Å². The van der Waals surface area contributed by atoms with Gasteiger partial charge in [0.1, 0.15) is 0 Å². The number of halogens is 1. The first kappa shape index (κ1) is 20.1. The lowest BCUT2D eigenvalue weighted by atomic mass is 10.1. The van der Waals surface area contributed by atoms with Gasteiger partial charge in [-0.1, -0.05) is 18.2 Å². The third-order valence-corrected chi connectivity index (χ3v) is 5.09. The van der Waals surface area contributed by atoms with Gasteiger partial charge in [0.2, 0.25) is 5.91 Å². The van der Waals surface area contributed by atoms with Gasteiger partial charge in [0.25, 0.3) is 5.91 Å². The molecule has 0 bridgehead atoms. The third kappa shape index (κ3) is 5.19. The molecule has 2 aromatic rings. The Hall–Kier alpha value is -2.67. The van der Waals surface area contributed by atoms with Gasteiger partial charge in [0, 0.05) is 23.1 Å². The van der Waals surface area contributed by atoms with E-state index in [4.69, 9.17) is 4.74 Å². The summed E-state index contributed by atoms with van der Waals surface area (Å²) in [7, 11) is 0. The molecule has 1 heterocycles. The van der Waals surface area contributed by atoms with E-state index in [9.17, 15) is 14.4 Å². The molecular formula is C21H21BrN2O4. The fourth-order valence-corrected chi connectivity index (χ4v) is 3.58. The van der Waals surface area contributed by atoms with Crippen LogP contribution >= 0.6 is 15.9 Å². The van der Waals surface area contributed by atoms with E-state index in [1.807, 2.05) is 31.2 Å². The number of carbonyl (C=O) groups excluding carboxylic acids is 3. The van der Waals surface area contributed by atoms with Gasteiger partial charge in [-0.25, -0.2) is 0 Å². The van der Waals surface area contributed by atoms with Crippen LogP contribution in [0.4, 0.5) is 11.4 Å².